The van der Waals surface area contributed by atoms with Crippen molar-refractivity contribution in [3.05, 3.63) is 0 Å². The van der Waals surface area contributed by atoms with Crippen LogP contribution in [0.2, 0.25) is 0 Å². The zero-order valence-electron chi connectivity index (χ0n) is 8.10. The Morgan fingerprint density at radius 1 is 1.45 bits per heavy atom. The summed E-state index contributed by atoms with van der Waals surface area (Å²) in [6.07, 6.45) is 0.875. The van der Waals surface area contributed by atoms with Gasteiger partial charge in [-0.3, -0.25) is 4.79 Å². The third-order valence-electron chi connectivity index (χ3n) is 1.52. The summed E-state index contributed by atoms with van der Waals surface area (Å²) in [5.41, 5.74) is 0.202. The molecule has 0 bridgehead atoms. The monoisotopic (exact) mass is 158 g/mol. The fraction of sp³-hybridized carbons (Fsp3) is 0.889. The molecule has 0 heterocycles. The smallest absolute Gasteiger partial charge is 0.308 e. The molecule has 11 heavy (non-hydrogen) atoms. The third-order valence-corrected chi connectivity index (χ3v) is 1.52. The number of carbonyl (C=O) groups excluding carboxylic acids is 1. The van der Waals surface area contributed by atoms with Crippen molar-refractivity contribution in [2.45, 2.75) is 34.1 Å². The molecule has 1 atom stereocenters. The van der Waals surface area contributed by atoms with E-state index < -0.39 is 0 Å². The molecule has 0 radical (unpaired) electrons. The van der Waals surface area contributed by atoms with Crippen molar-refractivity contribution in [2.24, 2.45) is 11.3 Å². The van der Waals surface area contributed by atoms with Gasteiger partial charge in [0.15, 0.2) is 0 Å². The number of hydrogen-bond donors (Lipinski definition) is 0. The third kappa shape index (κ3) is 4.82. The van der Waals surface area contributed by atoms with Crippen LogP contribution in [0.3, 0.4) is 0 Å². The first-order valence-corrected chi connectivity index (χ1v) is 3.94. The number of carbonyl (C=O) groups is 1. The minimum atomic E-state index is -0.111. The lowest BCUT2D eigenvalue weighted by molar-refractivity contribution is -0.145. The van der Waals surface area contributed by atoms with E-state index in [1.54, 1.807) is 0 Å². The normalized spacial score (nSPS) is 14.3. The standard InChI is InChI=1S/C9H18O2/c1-7(8(10)11-5)6-9(2,3)4/h7H,6H2,1-5H3/t7-/m1/s1. The van der Waals surface area contributed by atoms with Crippen LogP contribution in [0.4, 0.5) is 0 Å². The van der Waals surface area contributed by atoms with Crippen molar-refractivity contribution in [1.29, 1.82) is 0 Å². The first kappa shape index (κ1) is 10.5. The summed E-state index contributed by atoms with van der Waals surface area (Å²) in [6.45, 7) is 8.25. The first-order chi connectivity index (χ1) is 4.87. The maximum atomic E-state index is 11.0. The quantitative estimate of drug-likeness (QED) is 0.576. The van der Waals surface area contributed by atoms with Crippen LogP contribution in [0.25, 0.3) is 0 Å². The Labute approximate surface area is 68.9 Å². The Hall–Kier alpha value is -0.530. The van der Waals surface area contributed by atoms with E-state index in [-0.39, 0.29) is 17.3 Å². The highest BCUT2D eigenvalue weighted by molar-refractivity contribution is 5.71. The number of esters is 1. The molecule has 0 aromatic heterocycles. The molecule has 0 aliphatic carbocycles. The highest BCUT2D eigenvalue weighted by Gasteiger charge is 2.20. The second-order valence-corrected chi connectivity index (χ2v) is 4.19. The van der Waals surface area contributed by atoms with Crippen LogP contribution < -0.4 is 0 Å². The van der Waals surface area contributed by atoms with Gasteiger partial charge in [-0.1, -0.05) is 27.7 Å². The molecule has 0 unspecified atom stereocenters. The van der Waals surface area contributed by atoms with Crippen molar-refractivity contribution in [2.75, 3.05) is 7.11 Å². The van der Waals surface area contributed by atoms with Crippen LogP contribution in [0.1, 0.15) is 34.1 Å². The molecule has 2 nitrogen and oxygen atoms in total. The van der Waals surface area contributed by atoms with Crippen molar-refractivity contribution in [1.82, 2.24) is 0 Å². The van der Waals surface area contributed by atoms with Crippen molar-refractivity contribution < 1.29 is 9.53 Å². The van der Waals surface area contributed by atoms with Crippen molar-refractivity contribution >= 4 is 5.97 Å². The zero-order valence-corrected chi connectivity index (χ0v) is 8.10. The lowest BCUT2D eigenvalue weighted by atomic mass is 9.85. The maximum absolute atomic E-state index is 11.0. The van der Waals surface area contributed by atoms with E-state index in [0.29, 0.717) is 0 Å². The van der Waals surface area contributed by atoms with Crippen LogP contribution in [0, 0.1) is 11.3 Å². The topological polar surface area (TPSA) is 26.3 Å². The number of ether oxygens (including phenoxy) is 1. The fourth-order valence-electron chi connectivity index (χ4n) is 1.20. The summed E-state index contributed by atoms with van der Waals surface area (Å²) < 4.78 is 4.62. The second-order valence-electron chi connectivity index (χ2n) is 4.19. The van der Waals surface area contributed by atoms with E-state index in [2.05, 4.69) is 25.5 Å². The van der Waals surface area contributed by atoms with Crippen LogP contribution >= 0.6 is 0 Å². The van der Waals surface area contributed by atoms with Crippen molar-refractivity contribution in [3.8, 4) is 0 Å². The van der Waals surface area contributed by atoms with E-state index >= 15 is 0 Å². The van der Waals surface area contributed by atoms with E-state index in [4.69, 9.17) is 0 Å². The molecule has 0 amide bonds. The van der Waals surface area contributed by atoms with Gasteiger partial charge in [0.1, 0.15) is 0 Å². The molecule has 0 aliphatic heterocycles. The van der Waals surface area contributed by atoms with E-state index in [1.807, 2.05) is 6.92 Å². The Morgan fingerprint density at radius 2 is 1.91 bits per heavy atom. The highest BCUT2D eigenvalue weighted by Crippen LogP contribution is 2.24. The first-order valence-electron chi connectivity index (χ1n) is 3.94. The zero-order chi connectivity index (χ0) is 9.07. The van der Waals surface area contributed by atoms with E-state index in [0.717, 1.165) is 6.42 Å². The predicted molar refractivity (Wildman–Crippen MR) is 45.3 cm³/mol. The Morgan fingerprint density at radius 3 is 2.18 bits per heavy atom. The second kappa shape index (κ2) is 3.74. The Bertz CT molecular complexity index is 133. The number of rotatable bonds is 2. The maximum Gasteiger partial charge on any atom is 0.308 e. The van der Waals surface area contributed by atoms with Crippen LogP contribution in [-0.2, 0) is 9.53 Å². The van der Waals surface area contributed by atoms with E-state index in [1.165, 1.54) is 7.11 Å². The summed E-state index contributed by atoms with van der Waals surface area (Å²) >= 11 is 0. The predicted octanol–water partition coefficient (Wildman–Crippen LogP) is 2.23. The molecule has 0 aromatic rings. The number of hydrogen-bond acceptors (Lipinski definition) is 2. The van der Waals surface area contributed by atoms with Crippen LogP contribution in [-0.4, -0.2) is 13.1 Å². The molecule has 0 aromatic carbocycles. The summed E-state index contributed by atoms with van der Waals surface area (Å²) in [7, 11) is 1.43. The summed E-state index contributed by atoms with van der Waals surface area (Å²) in [5, 5.41) is 0. The van der Waals surface area contributed by atoms with E-state index in [9.17, 15) is 4.79 Å². The largest absolute Gasteiger partial charge is 0.469 e. The van der Waals surface area contributed by atoms with Gasteiger partial charge in [-0.05, 0) is 11.8 Å². The molecule has 0 spiro atoms. The average molecular weight is 158 g/mol. The highest BCUT2D eigenvalue weighted by atomic mass is 16.5. The average Bonchev–Trinajstić information content (AvgIpc) is 1.82. The lowest BCUT2D eigenvalue weighted by Gasteiger charge is -2.21. The van der Waals surface area contributed by atoms with Crippen LogP contribution in [0.5, 0.6) is 0 Å². The molecule has 0 rings (SSSR count). The van der Waals surface area contributed by atoms with Gasteiger partial charge in [-0.25, -0.2) is 0 Å². The molecule has 66 valence electrons. The Balaban J connectivity index is 3.87. The Kier molecular flexibility index (Phi) is 3.56. The van der Waals surface area contributed by atoms with Gasteiger partial charge in [-0.15, -0.1) is 0 Å². The lowest BCUT2D eigenvalue weighted by Crippen LogP contribution is -2.19. The molecule has 2 heteroatoms. The summed E-state index contributed by atoms with van der Waals surface area (Å²) in [6, 6.07) is 0. The molecule has 0 aliphatic rings. The molecule has 0 saturated carbocycles. The molecule has 0 saturated heterocycles. The molecular weight excluding hydrogens is 140 g/mol. The minimum absolute atomic E-state index is 0.0139. The van der Waals surface area contributed by atoms with Crippen LogP contribution in [0.15, 0.2) is 0 Å². The van der Waals surface area contributed by atoms with Gasteiger partial charge >= 0.3 is 5.97 Å². The SMILES string of the molecule is COC(=O)[C@H](C)CC(C)(C)C. The summed E-state index contributed by atoms with van der Waals surface area (Å²) in [5.74, 6) is -0.0973. The van der Waals surface area contributed by atoms with Crippen molar-refractivity contribution in [3.63, 3.8) is 0 Å². The minimum Gasteiger partial charge on any atom is -0.469 e. The molecule has 0 N–H and O–H groups in total. The summed E-state index contributed by atoms with van der Waals surface area (Å²) in [4.78, 5) is 11.0. The van der Waals surface area contributed by atoms with Gasteiger partial charge in [-0.2, -0.15) is 0 Å². The van der Waals surface area contributed by atoms with Gasteiger partial charge in [0, 0.05) is 0 Å². The molecule has 0 fully saturated rings. The van der Waals surface area contributed by atoms with Gasteiger partial charge in [0.2, 0.25) is 0 Å². The number of methoxy groups -OCH3 is 1. The fourth-order valence-corrected chi connectivity index (χ4v) is 1.20. The van der Waals surface area contributed by atoms with Gasteiger partial charge < -0.3 is 4.74 Å². The van der Waals surface area contributed by atoms with Gasteiger partial charge in [0.25, 0.3) is 0 Å². The van der Waals surface area contributed by atoms with Gasteiger partial charge in [0.05, 0.1) is 13.0 Å². The molecular formula is C9H18O2.